The maximum Gasteiger partial charge on any atom is 0.316 e. The van der Waals surface area contributed by atoms with E-state index < -0.39 is 0 Å². The van der Waals surface area contributed by atoms with Crippen LogP contribution in [0.4, 0.5) is 0 Å². The lowest BCUT2D eigenvalue weighted by Crippen LogP contribution is -2.43. The van der Waals surface area contributed by atoms with Crippen molar-refractivity contribution in [3.8, 4) is 17.5 Å². The van der Waals surface area contributed by atoms with Crippen LogP contribution in [0.15, 0.2) is 36.7 Å². The van der Waals surface area contributed by atoms with Crippen molar-refractivity contribution < 1.29 is 19.0 Å². The lowest BCUT2D eigenvalue weighted by molar-refractivity contribution is -0.128. The zero-order chi connectivity index (χ0) is 19.9. The van der Waals surface area contributed by atoms with Crippen LogP contribution < -0.4 is 14.2 Å². The third kappa shape index (κ3) is 5.13. The van der Waals surface area contributed by atoms with E-state index in [9.17, 15) is 4.79 Å². The van der Waals surface area contributed by atoms with E-state index in [1.165, 1.54) is 12.4 Å². The smallest absolute Gasteiger partial charge is 0.316 e. The highest BCUT2D eigenvalue weighted by molar-refractivity contribution is 6.30. The molecule has 1 aliphatic rings. The Kier molecular flexibility index (Phi) is 6.71. The number of benzene rings is 1. The number of hydrogen-bond donors (Lipinski definition) is 0. The molecule has 0 bridgehead atoms. The molecule has 1 aromatic heterocycles. The van der Waals surface area contributed by atoms with Gasteiger partial charge in [0.2, 0.25) is 5.91 Å². The number of piperidine rings is 1. The number of halogens is 1. The van der Waals surface area contributed by atoms with Crippen LogP contribution in [0, 0.1) is 0 Å². The molecule has 2 heterocycles. The number of rotatable bonds is 6. The summed E-state index contributed by atoms with van der Waals surface area (Å²) >= 11 is 5.78. The van der Waals surface area contributed by atoms with Crippen molar-refractivity contribution in [1.29, 1.82) is 0 Å². The summed E-state index contributed by atoms with van der Waals surface area (Å²) in [5.41, 5.74) is 0.852. The molecule has 7 nitrogen and oxygen atoms in total. The van der Waals surface area contributed by atoms with Crippen LogP contribution in [-0.2, 0) is 4.79 Å². The Bertz CT molecular complexity index is 842. The Hall–Kier alpha value is -2.80. The number of hydrogen-bond acceptors (Lipinski definition) is 6. The summed E-state index contributed by atoms with van der Waals surface area (Å²) in [5.74, 6) is 1.19. The van der Waals surface area contributed by atoms with Crippen molar-refractivity contribution in [1.82, 2.24) is 14.9 Å². The van der Waals surface area contributed by atoms with Gasteiger partial charge in [0.15, 0.2) is 11.5 Å². The van der Waals surface area contributed by atoms with Crippen LogP contribution in [0.1, 0.15) is 18.4 Å². The van der Waals surface area contributed by atoms with E-state index >= 15 is 0 Å². The average molecular weight is 404 g/mol. The van der Waals surface area contributed by atoms with Gasteiger partial charge in [0.1, 0.15) is 6.10 Å². The van der Waals surface area contributed by atoms with Crippen LogP contribution in [0.2, 0.25) is 5.02 Å². The Balaban J connectivity index is 1.60. The average Bonchev–Trinajstić information content (AvgIpc) is 2.73. The molecule has 1 fully saturated rings. The van der Waals surface area contributed by atoms with Crippen molar-refractivity contribution in [3.05, 3.63) is 47.3 Å². The zero-order valence-electron chi connectivity index (χ0n) is 15.8. The lowest BCUT2D eigenvalue weighted by atomic mass is 10.1. The molecule has 1 aliphatic heterocycles. The molecular formula is C20H22ClN3O4. The Labute approximate surface area is 168 Å². The van der Waals surface area contributed by atoms with E-state index in [2.05, 4.69) is 9.97 Å². The quantitative estimate of drug-likeness (QED) is 0.689. The number of aromatic nitrogens is 2. The van der Waals surface area contributed by atoms with Crippen molar-refractivity contribution in [2.24, 2.45) is 0 Å². The van der Waals surface area contributed by atoms with Gasteiger partial charge in [-0.1, -0.05) is 17.7 Å². The molecule has 1 saturated heterocycles. The van der Waals surface area contributed by atoms with Gasteiger partial charge in [0, 0.05) is 12.6 Å². The van der Waals surface area contributed by atoms with Crippen molar-refractivity contribution >= 4 is 23.6 Å². The topological polar surface area (TPSA) is 73.8 Å². The standard InChI is InChI=1S/C20H22ClN3O4/c1-26-17-7-5-14(10-18(17)27-2)6-8-19(25)24-9-3-4-16(13-24)28-20-22-11-15(21)12-23-20/h5-8,10-12,16H,3-4,9,13H2,1-2H3/b8-6+. The Morgan fingerprint density at radius 2 is 1.96 bits per heavy atom. The zero-order valence-corrected chi connectivity index (χ0v) is 16.6. The highest BCUT2D eigenvalue weighted by Gasteiger charge is 2.24. The second-order valence-electron chi connectivity index (χ2n) is 6.30. The first-order valence-electron chi connectivity index (χ1n) is 8.92. The number of carbonyl (C=O) groups excluding carboxylic acids is 1. The molecule has 1 atom stereocenters. The van der Waals surface area contributed by atoms with Gasteiger partial charge in [-0.05, 0) is 36.6 Å². The van der Waals surface area contributed by atoms with Gasteiger partial charge in [-0.2, -0.15) is 0 Å². The number of nitrogens with zero attached hydrogens (tertiary/aromatic N) is 3. The molecule has 8 heteroatoms. The number of ether oxygens (including phenoxy) is 3. The summed E-state index contributed by atoms with van der Waals surface area (Å²) in [7, 11) is 3.16. The van der Waals surface area contributed by atoms with Gasteiger partial charge in [-0.25, -0.2) is 9.97 Å². The second kappa shape index (κ2) is 9.41. The van der Waals surface area contributed by atoms with Crippen LogP contribution in [0.3, 0.4) is 0 Å². The van der Waals surface area contributed by atoms with Gasteiger partial charge in [-0.3, -0.25) is 4.79 Å². The predicted octanol–water partition coefficient (Wildman–Crippen LogP) is 3.23. The fourth-order valence-corrected chi connectivity index (χ4v) is 3.07. The van der Waals surface area contributed by atoms with E-state index in [-0.39, 0.29) is 18.0 Å². The fourth-order valence-electron chi connectivity index (χ4n) is 2.97. The van der Waals surface area contributed by atoms with Crippen molar-refractivity contribution in [2.75, 3.05) is 27.3 Å². The van der Waals surface area contributed by atoms with E-state index in [4.69, 9.17) is 25.8 Å². The monoisotopic (exact) mass is 403 g/mol. The summed E-state index contributed by atoms with van der Waals surface area (Å²) in [5, 5.41) is 0.452. The van der Waals surface area contributed by atoms with Crippen LogP contribution in [0.25, 0.3) is 6.08 Å². The van der Waals surface area contributed by atoms with E-state index in [0.717, 1.165) is 18.4 Å². The molecule has 148 valence electrons. The van der Waals surface area contributed by atoms with Crippen LogP contribution in [0.5, 0.6) is 17.5 Å². The third-order valence-electron chi connectivity index (χ3n) is 4.38. The molecule has 28 heavy (non-hydrogen) atoms. The molecule has 0 spiro atoms. The van der Waals surface area contributed by atoms with Gasteiger partial charge >= 0.3 is 6.01 Å². The summed E-state index contributed by atoms with van der Waals surface area (Å²) in [6.07, 6.45) is 7.85. The SMILES string of the molecule is COc1ccc(/C=C/C(=O)N2CCCC(Oc3ncc(Cl)cn3)C2)cc1OC. The molecule has 0 radical (unpaired) electrons. The number of methoxy groups -OCH3 is 2. The number of carbonyl (C=O) groups is 1. The summed E-state index contributed by atoms with van der Waals surface area (Å²) in [4.78, 5) is 22.4. The molecule has 2 aromatic rings. The van der Waals surface area contributed by atoms with Gasteiger partial charge in [0.25, 0.3) is 0 Å². The van der Waals surface area contributed by atoms with Crippen molar-refractivity contribution in [2.45, 2.75) is 18.9 Å². The first-order valence-corrected chi connectivity index (χ1v) is 9.30. The minimum absolute atomic E-state index is 0.0693. The molecule has 1 amide bonds. The molecule has 1 aromatic carbocycles. The lowest BCUT2D eigenvalue weighted by Gasteiger charge is -2.31. The van der Waals surface area contributed by atoms with Gasteiger partial charge in [0.05, 0.1) is 38.2 Å². The number of amides is 1. The first kappa shape index (κ1) is 19.9. The highest BCUT2D eigenvalue weighted by atomic mass is 35.5. The maximum atomic E-state index is 12.6. The first-order chi connectivity index (χ1) is 13.6. The summed E-state index contributed by atoms with van der Waals surface area (Å²) in [6, 6.07) is 5.76. The van der Waals surface area contributed by atoms with E-state index in [1.54, 1.807) is 37.3 Å². The van der Waals surface area contributed by atoms with Gasteiger partial charge in [-0.15, -0.1) is 0 Å². The molecule has 0 aliphatic carbocycles. The fraction of sp³-hybridized carbons (Fsp3) is 0.350. The molecule has 0 saturated carbocycles. The second-order valence-corrected chi connectivity index (χ2v) is 6.73. The minimum Gasteiger partial charge on any atom is -0.493 e. The molecule has 0 N–H and O–H groups in total. The van der Waals surface area contributed by atoms with E-state index in [0.29, 0.717) is 29.6 Å². The molecule has 1 unspecified atom stereocenters. The highest BCUT2D eigenvalue weighted by Crippen LogP contribution is 2.28. The molecular weight excluding hydrogens is 382 g/mol. The van der Waals surface area contributed by atoms with Crippen molar-refractivity contribution in [3.63, 3.8) is 0 Å². The normalized spacial score (nSPS) is 16.8. The molecule has 3 rings (SSSR count). The predicted molar refractivity (Wildman–Crippen MR) is 106 cm³/mol. The minimum atomic E-state index is -0.145. The summed E-state index contributed by atoms with van der Waals surface area (Å²) < 4.78 is 16.3. The Morgan fingerprint density at radius 1 is 1.21 bits per heavy atom. The largest absolute Gasteiger partial charge is 0.493 e. The third-order valence-corrected chi connectivity index (χ3v) is 4.58. The maximum absolute atomic E-state index is 12.6. The Morgan fingerprint density at radius 3 is 2.68 bits per heavy atom. The summed E-state index contributed by atoms with van der Waals surface area (Å²) in [6.45, 7) is 1.18. The van der Waals surface area contributed by atoms with Crippen LogP contribution >= 0.6 is 11.6 Å². The number of likely N-dealkylation sites (tertiary alicyclic amines) is 1. The van der Waals surface area contributed by atoms with Gasteiger partial charge < -0.3 is 19.1 Å². The van der Waals surface area contributed by atoms with E-state index in [1.807, 2.05) is 12.1 Å². The van der Waals surface area contributed by atoms with Crippen LogP contribution in [-0.4, -0.2) is 54.2 Å².